The first kappa shape index (κ1) is 13.4. The topological polar surface area (TPSA) is 29.5 Å². The molecule has 0 bridgehead atoms. The first-order valence-electron chi connectivity index (χ1n) is 6.57. The number of amides is 1. The average molecular weight is 257 g/mol. The normalized spacial score (nSPS) is 10.5. The summed E-state index contributed by atoms with van der Waals surface area (Å²) in [5.41, 5.74) is 0.707. The van der Waals surface area contributed by atoms with Crippen LogP contribution in [0, 0.1) is 0 Å². The molecule has 0 fully saturated rings. The number of ether oxygens (including phenoxy) is 1. The van der Waals surface area contributed by atoms with Gasteiger partial charge in [-0.2, -0.15) is 0 Å². The van der Waals surface area contributed by atoms with Crippen molar-refractivity contribution >= 4 is 16.7 Å². The molecule has 3 heteroatoms. The summed E-state index contributed by atoms with van der Waals surface area (Å²) in [5, 5.41) is 1.92. The van der Waals surface area contributed by atoms with Gasteiger partial charge in [-0.25, -0.2) is 0 Å². The molecule has 19 heavy (non-hydrogen) atoms. The standard InChI is InChI=1S/C16H19NO2/c1-4-17(5-2)16(18)13-10-6-8-12-9-7-11-14(19-3)15(12)13/h6-11H,4-5H2,1-3H3. The highest BCUT2D eigenvalue weighted by Gasteiger charge is 2.17. The number of rotatable bonds is 4. The van der Waals surface area contributed by atoms with Gasteiger partial charge >= 0.3 is 0 Å². The molecule has 0 atom stereocenters. The summed E-state index contributed by atoms with van der Waals surface area (Å²) < 4.78 is 5.39. The van der Waals surface area contributed by atoms with E-state index < -0.39 is 0 Å². The zero-order chi connectivity index (χ0) is 13.8. The number of methoxy groups -OCH3 is 1. The Balaban J connectivity index is 2.63. The number of benzene rings is 2. The third kappa shape index (κ3) is 2.41. The van der Waals surface area contributed by atoms with E-state index >= 15 is 0 Å². The van der Waals surface area contributed by atoms with Crippen molar-refractivity contribution in [2.75, 3.05) is 20.2 Å². The zero-order valence-electron chi connectivity index (χ0n) is 11.6. The second-order valence-electron chi connectivity index (χ2n) is 4.34. The van der Waals surface area contributed by atoms with Gasteiger partial charge in [-0.3, -0.25) is 4.79 Å². The number of carbonyl (C=O) groups excluding carboxylic acids is 1. The van der Waals surface area contributed by atoms with Crippen molar-refractivity contribution in [3.05, 3.63) is 42.0 Å². The van der Waals surface area contributed by atoms with Gasteiger partial charge < -0.3 is 9.64 Å². The summed E-state index contributed by atoms with van der Waals surface area (Å²) in [6, 6.07) is 11.6. The molecule has 2 rings (SSSR count). The Kier molecular flexibility index (Phi) is 4.05. The first-order valence-corrected chi connectivity index (χ1v) is 6.57. The van der Waals surface area contributed by atoms with Crippen LogP contribution in [0.15, 0.2) is 36.4 Å². The minimum Gasteiger partial charge on any atom is -0.496 e. The van der Waals surface area contributed by atoms with Crippen LogP contribution in [0.25, 0.3) is 10.8 Å². The predicted octanol–water partition coefficient (Wildman–Crippen LogP) is 3.33. The Morgan fingerprint density at radius 1 is 1.11 bits per heavy atom. The quantitative estimate of drug-likeness (QED) is 0.840. The van der Waals surface area contributed by atoms with Crippen LogP contribution in [0.4, 0.5) is 0 Å². The Bertz CT molecular complexity index is 583. The van der Waals surface area contributed by atoms with E-state index in [1.54, 1.807) is 7.11 Å². The average Bonchev–Trinajstić information content (AvgIpc) is 2.47. The van der Waals surface area contributed by atoms with E-state index in [0.717, 1.165) is 16.5 Å². The van der Waals surface area contributed by atoms with Gasteiger partial charge in [0.2, 0.25) is 0 Å². The first-order chi connectivity index (χ1) is 9.22. The summed E-state index contributed by atoms with van der Waals surface area (Å²) in [6.45, 7) is 5.40. The fraction of sp³-hybridized carbons (Fsp3) is 0.312. The Morgan fingerprint density at radius 2 is 1.74 bits per heavy atom. The molecule has 0 N–H and O–H groups in total. The maximum Gasteiger partial charge on any atom is 0.254 e. The molecule has 0 spiro atoms. The molecular weight excluding hydrogens is 238 g/mol. The Labute approximate surface area is 113 Å². The molecule has 0 saturated carbocycles. The van der Waals surface area contributed by atoms with Crippen molar-refractivity contribution in [1.29, 1.82) is 0 Å². The van der Waals surface area contributed by atoms with E-state index in [4.69, 9.17) is 4.74 Å². The van der Waals surface area contributed by atoms with Crippen LogP contribution in [0.3, 0.4) is 0 Å². The van der Waals surface area contributed by atoms with Crippen LogP contribution in [0.1, 0.15) is 24.2 Å². The maximum atomic E-state index is 12.6. The van der Waals surface area contributed by atoms with Gasteiger partial charge in [0.1, 0.15) is 5.75 Å². The van der Waals surface area contributed by atoms with Crippen LogP contribution in [0.2, 0.25) is 0 Å². The lowest BCUT2D eigenvalue weighted by molar-refractivity contribution is 0.0775. The van der Waals surface area contributed by atoms with Crippen LogP contribution in [-0.4, -0.2) is 31.0 Å². The van der Waals surface area contributed by atoms with Crippen molar-refractivity contribution in [3.63, 3.8) is 0 Å². The summed E-state index contributed by atoms with van der Waals surface area (Å²) >= 11 is 0. The SMILES string of the molecule is CCN(CC)C(=O)c1cccc2cccc(OC)c12. The van der Waals surface area contributed by atoms with Gasteiger partial charge in [0.05, 0.1) is 12.7 Å². The Hall–Kier alpha value is -2.03. The second kappa shape index (κ2) is 5.74. The lowest BCUT2D eigenvalue weighted by atomic mass is 10.0. The molecule has 0 aliphatic carbocycles. The van der Waals surface area contributed by atoms with E-state index in [1.165, 1.54) is 0 Å². The molecule has 2 aromatic rings. The van der Waals surface area contributed by atoms with Gasteiger partial charge in [-0.1, -0.05) is 24.3 Å². The number of hydrogen-bond acceptors (Lipinski definition) is 2. The molecule has 1 amide bonds. The van der Waals surface area contributed by atoms with E-state index in [9.17, 15) is 4.79 Å². The van der Waals surface area contributed by atoms with Gasteiger partial charge in [-0.15, -0.1) is 0 Å². The van der Waals surface area contributed by atoms with E-state index in [1.807, 2.05) is 55.1 Å². The van der Waals surface area contributed by atoms with Gasteiger partial charge in [0.15, 0.2) is 0 Å². The van der Waals surface area contributed by atoms with Crippen LogP contribution in [-0.2, 0) is 0 Å². The smallest absolute Gasteiger partial charge is 0.254 e. The molecule has 0 radical (unpaired) electrons. The van der Waals surface area contributed by atoms with Gasteiger partial charge in [0, 0.05) is 18.5 Å². The number of fused-ring (bicyclic) bond motifs is 1. The number of nitrogens with zero attached hydrogens (tertiary/aromatic N) is 1. The molecular formula is C16H19NO2. The highest BCUT2D eigenvalue weighted by atomic mass is 16.5. The predicted molar refractivity (Wildman–Crippen MR) is 77.8 cm³/mol. The van der Waals surface area contributed by atoms with Crippen molar-refractivity contribution in [2.45, 2.75) is 13.8 Å². The molecule has 0 aromatic heterocycles. The third-order valence-electron chi connectivity index (χ3n) is 3.37. The molecule has 0 aliphatic rings. The molecule has 100 valence electrons. The molecule has 0 saturated heterocycles. The van der Waals surface area contributed by atoms with E-state index in [-0.39, 0.29) is 5.91 Å². The number of carbonyl (C=O) groups is 1. The molecule has 0 heterocycles. The second-order valence-corrected chi connectivity index (χ2v) is 4.34. The van der Waals surface area contributed by atoms with Crippen LogP contribution >= 0.6 is 0 Å². The van der Waals surface area contributed by atoms with Crippen LogP contribution < -0.4 is 4.74 Å². The maximum absolute atomic E-state index is 12.6. The summed E-state index contributed by atoms with van der Waals surface area (Å²) in [5.74, 6) is 0.800. The highest BCUT2D eigenvalue weighted by Crippen LogP contribution is 2.29. The fourth-order valence-electron chi connectivity index (χ4n) is 2.34. The summed E-state index contributed by atoms with van der Waals surface area (Å²) in [4.78, 5) is 14.4. The van der Waals surface area contributed by atoms with Crippen molar-refractivity contribution < 1.29 is 9.53 Å². The monoisotopic (exact) mass is 257 g/mol. The summed E-state index contributed by atoms with van der Waals surface area (Å²) in [7, 11) is 1.63. The van der Waals surface area contributed by atoms with Crippen LogP contribution in [0.5, 0.6) is 5.75 Å². The molecule has 3 nitrogen and oxygen atoms in total. The van der Waals surface area contributed by atoms with E-state index in [2.05, 4.69) is 0 Å². The Morgan fingerprint density at radius 3 is 2.32 bits per heavy atom. The lowest BCUT2D eigenvalue weighted by Crippen LogP contribution is -2.30. The largest absolute Gasteiger partial charge is 0.496 e. The molecule has 0 unspecified atom stereocenters. The fourth-order valence-corrected chi connectivity index (χ4v) is 2.34. The molecule has 0 aliphatic heterocycles. The minimum atomic E-state index is 0.0556. The zero-order valence-corrected chi connectivity index (χ0v) is 11.6. The van der Waals surface area contributed by atoms with Crippen molar-refractivity contribution in [2.24, 2.45) is 0 Å². The van der Waals surface area contributed by atoms with Gasteiger partial charge in [-0.05, 0) is 31.4 Å². The molecule has 2 aromatic carbocycles. The van der Waals surface area contributed by atoms with Crippen molar-refractivity contribution in [3.8, 4) is 5.75 Å². The van der Waals surface area contributed by atoms with E-state index in [0.29, 0.717) is 18.7 Å². The van der Waals surface area contributed by atoms with Crippen molar-refractivity contribution in [1.82, 2.24) is 4.90 Å². The number of hydrogen-bond donors (Lipinski definition) is 0. The summed E-state index contributed by atoms with van der Waals surface area (Å²) in [6.07, 6.45) is 0. The lowest BCUT2D eigenvalue weighted by Gasteiger charge is -2.20. The highest BCUT2D eigenvalue weighted by molar-refractivity contribution is 6.09. The minimum absolute atomic E-state index is 0.0556. The third-order valence-corrected chi connectivity index (χ3v) is 3.37. The van der Waals surface area contributed by atoms with Gasteiger partial charge in [0.25, 0.3) is 5.91 Å².